The van der Waals surface area contributed by atoms with E-state index >= 15 is 0 Å². The Morgan fingerprint density at radius 3 is 2.58 bits per heavy atom. The van der Waals surface area contributed by atoms with Crippen LogP contribution in [0.1, 0.15) is 38.4 Å². The number of nitrogens with zero attached hydrogens (tertiary/aromatic N) is 2. The molecule has 0 amide bonds. The fourth-order valence-electron chi connectivity index (χ4n) is 2.10. The van der Waals surface area contributed by atoms with Crippen LogP contribution < -0.4 is 5.32 Å². The summed E-state index contributed by atoms with van der Waals surface area (Å²) in [6.45, 7) is 4.45. The van der Waals surface area contributed by atoms with Crippen molar-refractivity contribution in [2.75, 3.05) is 14.1 Å². The van der Waals surface area contributed by atoms with Crippen LogP contribution in [0.2, 0.25) is 0 Å². The van der Waals surface area contributed by atoms with Crippen molar-refractivity contribution in [1.29, 1.82) is 0 Å². The van der Waals surface area contributed by atoms with Crippen molar-refractivity contribution in [2.45, 2.75) is 50.2 Å². The van der Waals surface area contributed by atoms with Gasteiger partial charge in [0.1, 0.15) is 4.90 Å². The number of aromatic nitrogens is 1. The number of hydrogen-bond acceptors (Lipinski definition) is 3. The summed E-state index contributed by atoms with van der Waals surface area (Å²) in [6.07, 6.45) is 4.08. The maximum absolute atomic E-state index is 12.5. The van der Waals surface area contributed by atoms with Crippen molar-refractivity contribution in [2.24, 2.45) is 0 Å². The molecule has 1 N–H and O–H groups in total. The second-order valence-electron chi connectivity index (χ2n) is 5.45. The minimum atomic E-state index is -3.38. The largest absolute Gasteiger partial charge is 0.346 e. The number of hydrogen-bond donors (Lipinski definition) is 1. The van der Waals surface area contributed by atoms with Gasteiger partial charge >= 0.3 is 0 Å². The molecule has 0 saturated heterocycles. The fraction of sp³-hybridized carbons (Fsp3) is 0.692. The molecule has 1 aliphatic carbocycles. The maximum atomic E-state index is 12.5. The van der Waals surface area contributed by atoms with Gasteiger partial charge in [-0.3, -0.25) is 0 Å². The maximum Gasteiger partial charge on any atom is 0.244 e. The minimum Gasteiger partial charge on any atom is -0.346 e. The molecule has 19 heavy (non-hydrogen) atoms. The van der Waals surface area contributed by atoms with Crippen LogP contribution in [-0.2, 0) is 16.6 Å². The van der Waals surface area contributed by atoms with Gasteiger partial charge in [0.05, 0.1) is 0 Å². The molecule has 0 aromatic carbocycles. The zero-order valence-electron chi connectivity index (χ0n) is 12.0. The first-order valence-electron chi connectivity index (χ1n) is 6.71. The molecular formula is C13H23N3O2S. The topological polar surface area (TPSA) is 54.3 Å². The van der Waals surface area contributed by atoms with E-state index in [9.17, 15) is 8.42 Å². The molecule has 1 saturated carbocycles. The van der Waals surface area contributed by atoms with E-state index in [0.29, 0.717) is 17.5 Å². The van der Waals surface area contributed by atoms with E-state index in [0.717, 1.165) is 18.5 Å². The molecule has 1 aromatic heterocycles. The molecule has 1 aliphatic rings. The van der Waals surface area contributed by atoms with Gasteiger partial charge in [-0.15, -0.1) is 0 Å². The molecular weight excluding hydrogens is 262 g/mol. The molecule has 0 bridgehead atoms. The Morgan fingerprint density at radius 1 is 1.47 bits per heavy atom. The van der Waals surface area contributed by atoms with Gasteiger partial charge in [0.15, 0.2) is 0 Å². The van der Waals surface area contributed by atoms with Crippen molar-refractivity contribution >= 4 is 10.0 Å². The van der Waals surface area contributed by atoms with Crippen molar-refractivity contribution in [3.8, 4) is 0 Å². The average molecular weight is 285 g/mol. The zero-order valence-corrected chi connectivity index (χ0v) is 12.9. The summed E-state index contributed by atoms with van der Waals surface area (Å²) in [5, 5.41) is 3.09. The fourth-order valence-corrected chi connectivity index (χ4v) is 3.52. The zero-order chi connectivity index (χ0) is 14.2. The Labute approximate surface area is 115 Å². The molecule has 1 aromatic rings. The summed E-state index contributed by atoms with van der Waals surface area (Å²) in [5.41, 5.74) is 1.04. The van der Waals surface area contributed by atoms with Crippen molar-refractivity contribution in [3.63, 3.8) is 0 Å². The highest BCUT2D eigenvalue weighted by Gasteiger charge is 2.30. The van der Waals surface area contributed by atoms with Crippen LogP contribution in [0.5, 0.6) is 0 Å². The third-order valence-electron chi connectivity index (χ3n) is 3.61. The molecule has 0 spiro atoms. The number of rotatable bonds is 6. The van der Waals surface area contributed by atoms with Crippen molar-refractivity contribution in [3.05, 3.63) is 18.0 Å². The van der Waals surface area contributed by atoms with Crippen LogP contribution in [-0.4, -0.2) is 37.4 Å². The standard InChI is InChI=1S/C13H23N3O2S/c1-10(2)15(4)19(17,18)13-7-12(8-14-3)16(9-13)11-5-6-11/h7,9-11,14H,5-6,8H2,1-4H3. The van der Waals surface area contributed by atoms with Crippen LogP contribution in [0.25, 0.3) is 0 Å². The van der Waals surface area contributed by atoms with Gasteiger partial charge in [-0.1, -0.05) is 0 Å². The quantitative estimate of drug-likeness (QED) is 0.863. The molecule has 2 rings (SSSR count). The Morgan fingerprint density at radius 2 is 2.11 bits per heavy atom. The van der Waals surface area contributed by atoms with Crippen LogP contribution in [0, 0.1) is 0 Å². The van der Waals surface area contributed by atoms with Crippen LogP contribution in [0.4, 0.5) is 0 Å². The van der Waals surface area contributed by atoms with Gasteiger partial charge in [0.25, 0.3) is 0 Å². The summed E-state index contributed by atoms with van der Waals surface area (Å²) >= 11 is 0. The van der Waals surface area contributed by atoms with Gasteiger partial charge in [0.2, 0.25) is 10.0 Å². The normalized spacial score (nSPS) is 16.5. The lowest BCUT2D eigenvalue weighted by atomic mass is 10.4. The first-order chi connectivity index (χ1) is 8.87. The summed E-state index contributed by atoms with van der Waals surface area (Å²) < 4.78 is 28.5. The first kappa shape index (κ1) is 14.6. The lowest BCUT2D eigenvalue weighted by molar-refractivity contribution is 0.410. The molecule has 0 unspecified atom stereocenters. The third-order valence-corrected chi connectivity index (χ3v) is 5.61. The Balaban J connectivity index is 2.37. The van der Waals surface area contributed by atoms with E-state index in [1.54, 1.807) is 19.3 Å². The van der Waals surface area contributed by atoms with E-state index in [4.69, 9.17) is 0 Å². The Bertz CT molecular complexity index is 544. The Hall–Kier alpha value is -0.850. The summed E-state index contributed by atoms with van der Waals surface area (Å²) in [7, 11) is 0.126. The SMILES string of the molecule is CNCc1cc(S(=O)(=O)N(C)C(C)C)cn1C1CC1. The smallest absolute Gasteiger partial charge is 0.244 e. The van der Waals surface area contributed by atoms with Crippen LogP contribution >= 0.6 is 0 Å². The Kier molecular flexibility index (Phi) is 4.03. The van der Waals surface area contributed by atoms with Crippen LogP contribution in [0.15, 0.2) is 17.2 Å². The van der Waals surface area contributed by atoms with Crippen LogP contribution in [0.3, 0.4) is 0 Å². The monoisotopic (exact) mass is 285 g/mol. The van der Waals surface area contributed by atoms with E-state index in [2.05, 4.69) is 9.88 Å². The van der Waals surface area contributed by atoms with Gasteiger partial charge in [0, 0.05) is 37.6 Å². The minimum absolute atomic E-state index is 0.0398. The van der Waals surface area contributed by atoms with Crippen molar-refractivity contribution in [1.82, 2.24) is 14.2 Å². The van der Waals surface area contributed by atoms with Gasteiger partial charge in [-0.2, -0.15) is 4.31 Å². The second kappa shape index (κ2) is 5.26. The lowest BCUT2D eigenvalue weighted by Gasteiger charge is -2.19. The van der Waals surface area contributed by atoms with Gasteiger partial charge in [-0.05, 0) is 39.8 Å². The molecule has 108 valence electrons. The number of nitrogens with one attached hydrogen (secondary N) is 1. The molecule has 5 nitrogen and oxygen atoms in total. The predicted molar refractivity (Wildman–Crippen MR) is 75.6 cm³/mol. The van der Waals surface area contributed by atoms with E-state index in [1.807, 2.05) is 20.9 Å². The van der Waals surface area contributed by atoms with Gasteiger partial charge < -0.3 is 9.88 Å². The van der Waals surface area contributed by atoms with E-state index in [1.165, 1.54) is 4.31 Å². The number of sulfonamides is 1. The van der Waals surface area contributed by atoms with Gasteiger partial charge in [-0.25, -0.2) is 8.42 Å². The lowest BCUT2D eigenvalue weighted by Crippen LogP contribution is -2.32. The average Bonchev–Trinajstić information content (AvgIpc) is 3.10. The highest BCUT2D eigenvalue weighted by molar-refractivity contribution is 7.89. The molecule has 1 fully saturated rings. The molecule has 1 heterocycles. The molecule has 6 heteroatoms. The van der Waals surface area contributed by atoms with Crippen molar-refractivity contribution < 1.29 is 8.42 Å². The highest BCUT2D eigenvalue weighted by atomic mass is 32.2. The summed E-state index contributed by atoms with van der Waals surface area (Å²) in [6, 6.07) is 2.24. The molecule has 0 radical (unpaired) electrons. The summed E-state index contributed by atoms with van der Waals surface area (Å²) in [4.78, 5) is 0.404. The molecule has 0 aliphatic heterocycles. The summed E-state index contributed by atoms with van der Waals surface area (Å²) in [5.74, 6) is 0. The first-order valence-corrected chi connectivity index (χ1v) is 8.15. The highest BCUT2D eigenvalue weighted by Crippen LogP contribution is 2.37. The van der Waals surface area contributed by atoms with E-state index in [-0.39, 0.29) is 6.04 Å². The molecule has 0 atom stereocenters. The predicted octanol–water partition coefficient (Wildman–Crippen LogP) is 1.57. The van der Waals surface area contributed by atoms with E-state index < -0.39 is 10.0 Å². The second-order valence-corrected chi connectivity index (χ2v) is 7.45. The third kappa shape index (κ3) is 2.85.